The third kappa shape index (κ3) is 7.16. The van der Waals surface area contributed by atoms with Crippen LogP contribution in [0.25, 0.3) is 0 Å². The van der Waals surface area contributed by atoms with Gasteiger partial charge in [-0.2, -0.15) is 0 Å². The van der Waals surface area contributed by atoms with Crippen LogP contribution in [0.4, 0.5) is 4.79 Å². The van der Waals surface area contributed by atoms with Crippen LogP contribution in [0, 0.1) is 0 Å². The van der Waals surface area contributed by atoms with Crippen molar-refractivity contribution in [2.45, 2.75) is 78.4 Å². The number of amides is 1. The van der Waals surface area contributed by atoms with Crippen LogP contribution in [0.2, 0.25) is 0 Å². The fourth-order valence-corrected chi connectivity index (χ4v) is 2.79. The Labute approximate surface area is 169 Å². The molecule has 2 atom stereocenters. The Kier molecular flexibility index (Phi) is 9.50. The molecule has 0 aromatic heterocycles. The zero-order chi connectivity index (χ0) is 18.5. The molecule has 0 aliphatic carbocycles. The normalized spacial score (nSPS) is 23.0. The Bertz CT molecular complexity index is 463. The molecule has 0 spiro atoms. The molecular weight excluding hydrogens is 435 g/mol. The van der Waals surface area contributed by atoms with E-state index in [0.717, 1.165) is 18.9 Å². The number of aliphatic imine (C=N–C) groups is 1. The van der Waals surface area contributed by atoms with Gasteiger partial charge in [0.1, 0.15) is 11.3 Å². The first-order chi connectivity index (χ1) is 11.0. The van der Waals surface area contributed by atoms with Crippen molar-refractivity contribution < 1.29 is 14.3 Å². The van der Waals surface area contributed by atoms with Gasteiger partial charge in [-0.15, -0.1) is 24.0 Å². The summed E-state index contributed by atoms with van der Waals surface area (Å²) in [5.74, 6) is 0.720. The highest BCUT2D eigenvalue weighted by Crippen LogP contribution is 2.33. The zero-order valence-electron chi connectivity index (χ0n) is 16.8. The summed E-state index contributed by atoms with van der Waals surface area (Å²) >= 11 is 0. The van der Waals surface area contributed by atoms with Crippen LogP contribution >= 0.6 is 24.0 Å². The van der Waals surface area contributed by atoms with Crippen molar-refractivity contribution >= 4 is 36.0 Å². The highest BCUT2D eigenvalue weighted by Gasteiger charge is 2.49. The second-order valence-electron chi connectivity index (χ2n) is 7.57. The minimum absolute atomic E-state index is 0. The van der Waals surface area contributed by atoms with Gasteiger partial charge in [-0.3, -0.25) is 9.89 Å². The van der Waals surface area contributed by atoms with Crippen LogP contribution in [0.5, 0.6) is 0 Å². The number of rotatable bonds is 4. The van der Waals surface area contributed by atoms with E-state index in [1.165, 1.54) is 0 Å². The lowest BCUT2D eigenvalue weighted by Gasteiger charge is -2.35. The Morgan fingerprint density at radius 1 is 1.32 bits per heavy atom. The molecule has 0 aromatic carbocycles. The lowest BCUT2D eigenvalue weighted by atomic mass is 10.1. The maximum absolute atomic E-state index is 12.7. The van der Waals surface area contributed by atoms with E-state index >= 15 is 0 Å². The van der Waals surface area contributed by atoms with Crippen LogP contribution in [-0.4, -0.2) is 60.6 Å². The Balaban J connectivity index is 0.00000576. The second kappa shape index (κ2) is 9.80. The van der Waals surface area contributed by atoms with E-state index in [2.05, 4.69) is 22.5 Å². The monoisotopic (exact) mass is 470 g/mol. The van der Waals surface area contributed by atoms with E-state index in [1.807, 2.05) is 41.5 Å². The smallest absolute Gasteiger partial charge is 0.412 e. The summed E-state index contributed by atoms with van der Waals surface area (Å²) in [4.78, 5) is 18.5. The maximum Gasteiger partial charge on any atom is 0.412 e. The van der Waals surface area contributed by atoms with Crippen LogP contribution in [-0.2, 0) is 9.47 Å². The van der Waals surface area contributed by atoms with Crippen molar-refractivity contribution in [1.82, 2.24) is 15.5 Å². The maximum atomic E-state index is 12.7. The molecule has 0 radical (unpaired) electrons. The highest BCUT2D eigenvalue weighted by molar-refractivity contribution is 14.0. The third-order valence-electron chi connectivity index (χ3n) is 3.76. The molecular formula is C17H35IN4O3. The molecule has 2 unspecified atom stereocenters. The molecule has 1 aliphatic heterocycles. The van der Waals surface area contributed by atoms with Gasteiger partial charge in [0.15, 0.2) is 5.96 Å². The fraction of sp³-hybridized carbons (Fsp3) is 0.882. The van der Waals surface area contributed by atoms with Crippen molar-refractivity contribution in [3.8, 4) is 0 Å². The van der Waals surface area contributed by atoms with Crippen molar-refractivity contribution in [3.63, 3.8) is 0 Å². The minimum atomic E-state index is -0.714. The van der Waals surface area contributed by atoms with E-state index in [9.17, 15) is 4.79 Å². The van der Waals surface area contributed by atoms with E-state index in [-0.39, 0.29) is 42.2 Å². The molecule has 1 amide bonds. The first-order valence-electron chi connectivity index (χ1n) is 8.66. The number of carbonyl (C=O) groups excluding carboxylic acids is 1. The molecule has 1 fully saturated rings. The topological polar surface area (TPSA) is 75.2 Å². The molecule has 0 bridgehead atoms. The second-order valence-corrected chi connectivity index (χ2v) is 7.57. The molecule has 1 aliphatic rings. The molecule has 0 saturated carbocycles. The summed E-state index contributed by atoms with van der Waals surface area (Å²) in [6, 6.07) is -0.143. The van der Waals surface area contributed by atoms with Crippen molar-refractivity contribution in [1.29, 1.82) is 0 Å². The van der Waals surface area contributed by atoms with Crippen LogP contribution in [0.1, 0.15) is 54.9 Å². The number of hydrogen-bond acceptors (Lipinski definition) is 4. The summed E-state index contributed by atoms with van der Waals surface area (Å²) in [6.45, 7) is 14.8. The van der Waals surface area contributed by atoms with E-state index in [1.54, 1.807) is 11.9 Å². The molecule has 0 aromatic rings. The van der Waals surface area contributed by atoms with Gasteiger partial charge in [0, 0.05) is 20.1 Å². The van der Waals surface area contributed by atoms with Gasteiger partial charge in [0.05, 0.1) is 12.1 Å². The van der Waals surface area contributed by atoms with Gasteiger partial charge in [-0.05, 0) is 48.0 Å². The number of nitrogens with zero attached hydrogens (tertiary/aromatic N) is 2. The number of ether oxygens (including phenoxy) is 2. The number of carbonyl (C=O) groups is 1. The van der Waals surface area contributed by atoms with Crippen molar-refractivity contribution in [2.24, 2.45) is 4.99 Å². The SMILES string of the molecule is CCCNC(=NC)NCC1C(C)OC(C)(C)N1C(=O)OC(C)(C)C.I. The Morgan fingerprint density at radius 3 is 2.40 bits per heavy atom. The minimum Gasteiger partial charge on any atom is -0.444 e. The van der Waals surface area contributed by atoms with Gasteiger partial charge in [-0.1, -0.05) is 6.92 Å². The summed E-state index contributed by atoms with van der Waals surface area (Å²) in [5, 5.41) is 6.50. The molecule has 1 rings (SSSR count). The predicted molar refractivity (Wildman–Crippen MR) is 112 cm³/mol. The van der Waals surface area contributed by atoms with Crippen LogP contribution in [0.15, 0.2) is 4.99 Å². The standard InChI is InChI=1S/C17H34N4O3.HI/c1-9-10-19-14(18-8)20-11-13-12(2)23-17(6,7)21(13)15(22)24-16(3,4)5;/h12-13H,9-11H2,1-8H3,(H2,18,19,20);1H. The summed E-state index contributed by atoms with van der Waals surface area (Å²) in [6.07, 6.45) is 0.546. The summed E-state index contributed by atoms with van der Waals surface area (Å²) < 4.78 is 11.5. The fourth-order valence-electron chi connectivity index (χ4n) is 2.79. The zero-order valence-corrected chi connectivity index (χ0v) is 19.1. The molecule has 1 heterocycles. The van der Waals surface area contributed by atoms with Crippen LogP contribution in [0.3, 0.4) is 0 Å². The van der Waals surface area contributed by atoms with Gasteiger partial charge < -0.3 is 20.1 Å². The molecule has 2 N–H and O–H groups in total. The largest absolute Gasteiger partial charge is 0.444 e. The van der Waals surface area contributed by atoms with Gasteiger partial charge in [0.25, 0.3) is 0 Å². The number of nitrogens with one attached hydrogen (secondary N) is 2. The number of hydrogen-bond donors (Lipinski definition) is 2. The average Bonchev–Trinajstić information content (AvgIpc) is 2.66. The van der Waals surface area contributed by atoms with Crippen molar-refractivity contribution in [2.75, 3.05) is 20.1 Å². The molecule has 148 valence electrons. The Hall–Kier alpha value is -0.770. The third-order valence-corrected chi connectivity index (χ3v) is 3.76. The quantitative estimate of drug-likeness (QED) is 0.376. The van der Waals surface area contributed by atoms with Crippen molar-refractivity contribution in [3.05, 3.63) is 0 Å². The van der Waals surface area contributed by atoms with E-state index in [4.69, 9.17) is 9.47 Å². The lowest BCUT2D eigenvalue weighted by molar-refractivity contribution is -0.0755. The van der Waals surface area contributed by atoms with E-state index < -0.39 is 11.3 Å². The molecule has 1 saturated heterocycles. The average molecular weight is 470 g/mol. The van der Waals surface area contributed by atoms with Crippen LogP contribution < -0.4 is 10.6 Å². The van der Waals surface area contributed by atoms with Gasteiger partial charge in [0.2, 0.25) is 0 Å². The van der Waals surface area contributed by atoms with E-state index in [0.29, 0.717) is 6.54 Å². The Morgan fingerprint density at radius 2 is 1.92 bits per heavy atom. The number of halogens is 1. The highest BCUT2D eigenvalue weighted by atomic mass is 127. The molecule has 7 nitrogen and oxygen atoms in total. The first-order valence-corrected chi connectivity index (χ1v) is 8.66. The summed E-state index contributed by atoms with van der Waals surface area (Å²) in [7, 11) is 1.73. The predicted octanol–water partition coefficient (Wildman–Crippen LogP) is 2.94. The molecule has 25 heavy (non-hydrogen) atoms. The van der Waals surface area contributed by atoms with Gasteiger partial charge >= 0.3 is 6.09 Å². The first kappa shape index (κ1) is 24.2. The number of guanidine groups is 1. The van der Waals surface area contributed by atoms with Gasteiger partial charge in [-0.25, -0.2) is 4.79 Å². The summed E-state index contributed by atoms with van der Waals surface area (Å²) in [5.41, 5.74) is -1.26. The molecule has 8 heteroatoms. The lowest BCUT2D eigenvalue weighted by Crippen LogP contribution is -2.54.